The van der Waals surface area contributed by atoms with E-state index in [2.05, 4.69) is 30.3 Å². The molecule has 2 unspecified atom stereocenters. The van der Waals surface area contributed by atoms with Crippen LogP contribution >= 0.6 is 0 Å². The van der Waals surface area contributed by atoms with Gasteiger partial charge in [-0.05, 0) is 37.8 Å². The molecular formula is C20H25N3O3. The van der Waals surface area contributed by atoms with Gasteiger partial charge in [-0.3, -0.25) is 4.79 Å². The van der Waals surface area contributed by atoms with Crippen molar-refractivity contribution in [3.05, 3.63) is 41.1 Å². The molecule has 0 saturated carbocycles. The molecule has 0 fully saturated rings. The lowest BCUT2D eigenvalue weighted by Gasteiger charge is -2.26. The molecule has 0 aliphatic carbocycles. The Labute approximate surface area is 153 Å². The monoisotopic (exact) mass is 355 g/mol. The number of aromatic nitrogens is 2. The van der Waals surface area contributed by atoms with Crippen LogP contribution in [0.1, 0.15) is 47.8 Å². The van der Waals surface area contributed by atoms with Crippen LogP contribution in [0.5, 0.6) is 11.6 Å². The zero-order valence-electron chi connectivity index (χ0n) is 15.3. The number of rotatable bonds is 5. The molecule has 3 heterocycles. The third kappa shape index (κ3) is 3.41. The lowest BCUT2D eigenvalue weighted by atomic mass is 10.0. The molecule has 1 aromatic heterocycles. The number of hydrogen-bond donors (Lipinski definition) is 1. The largest absolute Gasteiger partial charge is 0.491 e. The number of hydrogen-bond acceptors (Lipinski definition) is 4. The van der Waals surface area contributed by atoms with E-state index in [0.717, 1.165) is 43.5 Å². The summed E-state index contributed by atoms with van der Waals surface area (Å²) in [7, 11) is 0. The molecule has 1 amide bonds. The van der Waals surface area contributed by atoms with Gasteiger partial charge in [-0.2, -0.15) is 5.10 Å². The van der Waals surface area contributed by atoms with Crippen LogP contribution in [-0.2, 0) is 13.0 Å². The van der Waals surface area contributed by atoms with Crippen LogP contribution in [0.2, 0.25) is 0 Å². The van der Waals surface area contributed by atoms with Gasteiger partial charge in [0.05, 0.1) is 12.6 Å². The van der Waals surface area contributed by atoms with E-state index >= 15 is 0 Å². The minimum Gasteiger partial charge on any atom is -0.491 e. The van der Waals surface area contributed by atoms with Gasteiger partial charge < -0.3 is 14.8 Å². The minimum atomic E-state index is -0.176. The van der Waals surface area contributed by atoms with E-state index < -0.39 is 0 Å². The van der Waals surface area contributed by atoms with Gasteiger partial charge in [0, 0.05) is 6.07 Å². The fourth-order valence-corrected chi connectivity index (χ4v) is 3.59. The van der Waals surface area contributed by atoms with Gasteiger partial charge in [-0.1, -0.05) is 31.0 Å². The highest BCUT2D eigenvalue weighted by Crippen LogP contribution is 2.27. The van der Waals surface area contributed by atoms with E-state index in [1.807, 2.05) is 12.1 Å². The fourth-order valence-electron chi connectivity index (χ4n) is 3.59. The van der Waals surface area contributed by atoms with Gasteiger partial charge in [0.25, 0.3) is 5.91 Å². The molecule has 0 radical (unpaired) electrons. The summed E-state index contributed by atoms with van der Waals surface area (Å²) in [6.45, 7) is 5.43. The van der Waals surface area contributed by atoms with Crippen molar-refractivity contribution in [3.8, 4) is 11.6 Å². The number of nitrogens with zero attached hydrogens (tertiary/aromatic N) is 2. The number of nitrogens with one attached hydrogen (secondary N) is 1. The van der Waals surface area contributed by atoms with Crippen LogP contribution in [0.15, 0.2) is 24.3 Å². The molecule has 2 atom stereocenters. The zero-order valence-corrected chi connectivity index (χ0v) is 15.3. The molecule has 0 saturated heterocycles. The molecule has 0 bridgehead atoms. The van der Waals surface area contributed by atoms with Gasteiger partial charge >= 0.3 is 0 Å². The number of aryl methyl sites for hydroxylation is 1. The number of benzene rings is 1. The van der Waals surface area contributed by atoms with Gasteiger partial charge in [0.2, 0.25) is 5.88 Å². The van der Waals surface area contributed by atoms with E-state index in [9.17, 15) is 4.79 Å². The molecule has 0 spiro atoms. The highest BCUT2D eigenvalue weighted by Gasteiger charge is 2.28. The molecule has 6 heteroatoms. The van der Waals surface area contributed by atoms with Crippen molar-refractivity contribution in [2.45, 2.75) is 58.2 Å². The molecule has 2 aliphatic heterocycles. The van der Waals surface area contributed by atoms with Crippen LogP contribution in [0.3, 0.4) is 0 Å². The van der Waals surface area contributed by atoms with Crippen molar-refractivity contribution >= 4 is 5.91 Å². The Morgan fingerprint density at radius 3 is 3.08 bits per heavy atom. The Kier molecular flexibility index (Phi) is 4.57. The van der Waals surface area contributed by atoms with Crippen molar-refractivity contribution in [2.24, 2.45) is 0 Å². The Morgan fingerprint density at radius 2 is 2.27 bits per heavy atom. The maximum atomic E-state index is 12.6. The summed E-state index contributed by atoms with van der Waals surface area (Å²) in [5, 5.41) is 7.45. The van der Waals surface area contributed by atoms with Crippen LogP contribution in [-0.4, -0.2) is 34.4 Å². The van der Waals surface area contributed by atoms with Gasteiger partial charge in [0.15, 0.2) is 5.69 Å². The normalized spacial score (nSPS) is 20.7. The third-order valence-corrected chi connectivity index (χ3v) is 4.98. The number of amides is 1. The van der Waals surface area contributed by atoms with Crippen LogP contribution in [0.25, 0.3) is 0 Å². The summed E-state index contributed by atoms with van der Waals surface area (Å²) in [6.07, 6.45) is 4.28. The molecule has 138 valence electrons. The smallest absolute Gasteiger partial charge is 0.272 e. The number of fused-ring (bicyclic) bond motifs is 2. The molecule has 6 nitrogen and oxygen atoms in total. The average Bonchev–Trinajstić information content (AvgIpc) is 3.18. The third-order valence-electron chi connectivity index (χ3n) is 4.98. The van der Waals surface area contributed by atoms with Gasteiger partial charge in [-0.25, -0.2) is 4.68 Å². The second kappa shape index (κ2) is 7.02. The summed E-state index contributed by atoms with van der Waals surface area (Å²) in [6, 6.07) is 7.84. The lowest BCUT2D eigenvalue weighted by Crippen LogP contribution is -2.43. The molecule has 1 aromatic carbocycles. The predicted octanol–water partition coefficient (Wildman–Crippen LogP) is 2.88. The van der Waals surface area contributed by atoms with Gasteiger partial charge in [-0.15, -0.1) is 0 Å². The second-order valence-electron chi connectivity index (χ2n) is 7.23. The molecular weight excluding hydrogens is 330 g/mol. The van der Waals surface area contributed by atoms with E-state index in [4.69, 9.17) is 9.47 Å². The SMILES string of the molecule is CCCCC1Cn2nc(C(=O)NC3COc4ccc(C)cc4C3)cc2O1. The number of carbonyl (C=O) groups is 1. The van der Waals surface area contributed by atoms with Crippen molar-refractivity contribution in [3.63, 3.8) is 0 Å². The molecule has 4 rings (SSSR count). The topological polar surface area (TPSA) is 65.4 Å². The molecule has 2 aliphatic rings. The first-order chi connectivity index (χ1) is 12.6. The highest BCUT2D eigenvalue weighted by atomic mass is 16.5. The summed E-state index contributed by atoms with van der Waals surface area (Å²) in [5.41, 5.74) is 2.74. The zero-order chi connectivity index (χ0) is 18.1. The Hall–Kier alpha value is -2.50. The Balaban J connectivity index is 1.37. The second-order valence-corrected chi connectivity index (χ2v) is 7.23. The summed E-state index contributed by atoms with van der Waals surface area (Å²) in [4.78, 5) is 12.6. The van der Waals surface area contributed by atoms with Crippen molar-refractivity contribution in [1.82, 2.24) is 15.1 Å². The van der Waals surface area contributed by atoms with Crippen LogP contribution in [0.4, 0.5) is 0 Å². The van der Waals surface area contributed by atoms with Crippen LogP contribution < -0.4 is 14.8 Å². The quantitative estimate of drug-likeness (QED) is 0.896. The highest BCUT2D eigenvalue weighted by molar-refractivity contribution is 5.92. The number of ether oxygens (including phenoxy) is 2. The van der Waals surface area contributed by atoms with Crippen molar-refractivity contribution < 1.29 is 14.3 Å². The fraction of sp³-hybridized carbons (Fsp3) is 0.500. The van der Waals surface area contributed by atoms with Crippen LogP contribution in [0, 0.1) is 6.92 Å². The minimum absolute atomic E-state index is 0.0495. The standard InChI is InChI=1S/C20H25N3O3/c1-3-4-5-16-11-23-19(26-16)10-17(22-23)20(24)21-15-9-14-8-13(2)6-7-18(14)25-12-15/h6-8,10,15-16H,3-5,9,11-12H2,1-2H3,(H,21,24). The van der Waals surface area contributed by atoms with E-state index in [0.29, 0.717) is 18.2 Å². The number of carbonyl (C=O) groups excluding carboxylic acids is 1. The van der Waals surface area contributed by atoms with Crippen molar-refractivity contribution in [2.75, 3.05) is 6.61 Å². The first-order valence-electron chi connectivity index (χ1n) is 9.40. The first-order valence-corrected chi connectivity index (χ1v) is 9.40. The summed E-state index contributed by atoms with van der Waals surface area (Å²) >= 11 is 0. The average molecular weight is 355 g/mol. The Bertz CT molecular complexity index is 791. The predicted molar refractivity (Wildman–Crippen MR) is 97.8 cm³/mol. The molecule has 1 N–H and O–H groups in total. The van der Waals surface area contributed by atoms with Crippen molar-refractivity contribution in [1.29, 1.82) is 0 Å². The first kappa shape index (κ1) is 16.9. The van der Waals surface area contributed by atoms with E-state index in [1.54, 1.807) is 10.7 Å². The summed E-state index contributed by atoms with van der Waals surface area (Å²) < 4.78 is 13.5. The van der Waals surface area contributed by atoms with E-state index in [-0.39, 0.29) is 18.1 Å². The summed E-state index contributed by atoms with van der Waals surface area (Å²) in [5.74, 6) is 1.43. The maximum absolute atomic E-state index is 12.6. The van der Waals surface area contributed by atoms with Gasteiger partial charge in [0.1, 0.15) is 18.5 Å². The Morgan fingerprint density at radius 1 is 1.38 bits per heavy atom. The molecule has 2 aromatic rings. The maximum Gasteiger partial charge on any atom is 0.272 e. The van der Waals surface area contributed by atoms with E-state index in [1.165, 1.54) is 5.56 Å². The number of unbranched alkanes of at least 4 members (excludes halogenated alkanes) is 1. The molecule has 26 heavy (non-hydrogen) atoms. The lowest BCUT2D eigenvalue weighted by molar-refractivity contribution is 0.0908.